The van der Waals surface area contributed by atoms with E-state index in [1.54, 1.807) is 6.07 Å². The molecule has 156 valence electrons. The molecule has 2 rings (SSSR count). The minimum atomic E-state index is -0.847. The minimum Gasteiger partial charge on any atom is -0.483 e. The van der Waals surface area contributed by atoms with Crippen molar-refractivity contribution in [3.63, 3.8) is 0 Å². The Morgan fingerprint density at radius 2 is 1.97 bits per heavy atom. The molecule has 30 heavy (non-hydrogen) atoms. The summed E-state index contributed by atoms with van der Waals surface area (Å²) in [7, 11) is 1.46. The Bertz CT molecular complexity index is 1040. The molecule has 0 aromatic heterocycles. The topological polar surface area (TPSA) is 120 Å². The summed E-state index contributed by atoms with van der Waals surface area (Å²) in [5.41, 5.74) is 0.656. The second kappa shape index (κ2) is 10.2. The summed E-state index contributed by atoms with van der Waals surface area (Å²) in [6.45, 7) is 0.934. The van der Waals surface area contributed by atoms with Crippen molar-refractivity contribution < 1.29 is 23.5 Å². The predicted octanol–water partition coefficient (Wildman–Crippen LogP) is 2.36. The summed E-state index contributed by atoms with van der Waals surface area (Å²) in [6, 6.07) is 8.85. The molecule has 8 nitrogen and oxygen atoms in total. The highest BCUT2D eigenvalue weighted by molar-refractivity contribution is 6.31. The largest absolute Gasteiger partial charge is 0.483 e. The fourth-order valence-electron chi connectivity index (χ4n) is 2.40. The van der Waals surface area contributed by atoms with Crippen LogP contribution >= 0.6 is 11.6 Å². The maximum atomic E-state index is 14.0. The molecule has 0 fully saturated rings. The van der Waals surface area contributed by atoms with Gasteiger partial charge in [-0.1, -0.05) is 17.7 Å². The van der Waals surface area contributed by atoms with Crippen LogP contribution in [-0.4, -0.2) is 31.4 Å². The molecule has 0 aliphatic rings. The van der Waals surface area contributed by atoms with Crippen molar-refractivity contribution in [1.29, 1.82) is 5.26 Å². The van der Waals surface area contributed by atoms with E-state index in [-0.39, 0.29) is 41.1 Å². The van der Waals surface area contributed by atoms with Crippen LogP contribution in [0.25, 0.3) is 0 Å². The monoisotopic (exact) mass is 432 g/mol. The number of anilines is 1. The van der Waals surface area contributed by atoms with Gasteiger partial charge in [0, 0.05) is 31.6 Å². The lowest BCUT2D eigenvalue weighted by Crippen LogP contribution is -2.26. The lowest BCUT2D eigenvalue weighted by Gasteiger charge is -2.13. The number of rotatable bonds is 7. The van der Waals surface area contributed by atoms with E-state index in [0.29, 0.717) is 11.1 Å². The van der Waals surface area contributed by atoms with E-state index in [2.05, 4.69) is 16.0 Å². The van der Waals surface area contributed by atoms with E-state index in [1.165, 1.54) is 32.2 Å². The number of nitriles is 1. The number of hydrogen-bond donors (Lipinski definition) is 3. The molecule has 2 aromatic rings. The fourth-order valence-corrected chi connectivity index (χ4v) is 2.62. The number of likely N-dealkylation sites (N-methyl/N-ethyl adjacent to an activating group) is 1. The van der Waals surface area contributed by atoms with Gasteiger partial charge in [0.15, 0.2) is 12.4 Å². The molecule has 0 heterocycles. The summed E-state index contributed by atoms with van der Waals surface area (Å²) in [5.74, 6) is -2.05. The SMILES string of the molecule is CNC(=O)COc1cc(C#N)ccc1CNC(=O)c1cc(Cl)c(F)c(NC(C)=O)c1. The Balaban J connectivity index is 2.19. The van der Waals surface area contributed by atoms with Crippen LogP contribution in [0.1, 0.15) is 28.4 Å². The first-order valence-electron chi connectivity index (χ1n) is 8.66. The normalized spacial score (nSPS) is 9.97. The molecular weight excluding hydrogens is 415 g/mol. The molecule has 3 N–H and O–H groups in total. The molecule has 0 saturated carbocycles. The molecule has 2 aromatic carbocycles. The highest BCUT2D eigenvalue weighted by Gasteiger charge is 2.16. The van der Waals surface area contributed by atoms with E-state index in [9.17, 15) is 18.8 Å². The summed E-state index contributed by atoms with van der Waals surface area (Å²) < 4.78 is 19.4. The van der Waals surface area contributed by atoms with Crippen LogP contribution in [0.3, 0.4) is 0 Å². The average Bonchev–Trinajstić information content (AvgIpc) is 2.73. The van der Waals surface area contributed by atoms with Gasteiger partial charge in [-0.05, 0) is 24.3 Å². The average molecular weight is 433 g/mol. The standard InChI is InChI=1S/C20H18ClFN4O4/c1-11(27)26-16-7-14(6-15(21)19(16)22)20(29)25-9-13-4-3-12(8-23)5-17(13)30-10-18(28)24-2/h3-7H,9-10H2,1-2H3,(H,24,28)(H,25,29)(H,26,27). The first kappa shape index (κ1) is 22.6. The number of halogens is 2. The van der Waals surface area contributed by atoms with Crippen LogP contribution in [0.4, 0.5) is 10.1 Å². The zero-order chi connectivity index (χ0) is 22.3. The number of benzene rings is 2. The van der Waals surface area contributed by atoms with E-state index in [0.717, 1.165) is 6.07 Å². The van der Waals surface area contributed by atoms with Gasteiger partial charge >= 0.3 is 0 Å². The number of carbonyl (C=O) groups is 3. The second-order valence-corrected chi connectivity index (χ2v) is 6.49. The molecule has 3 amide bonds. The third kappa shape index (κ3) is 5.93. The maximum Gasteiger partial charge on any atom is 0.257 e. The zero-order valence-corrected chi connectivity index (χ0v) is 16.9. The van der Waals surface area contributed by atoms with Gasteiger partial charge in [0.2, 0.25) is 5.91 Å². The summed E-state index contributed by atoms with van der Waals surface area (Å²) in [6.07, 6.45) is 0. The molecule has 0 spiro atoms. The fraction of sp³-hybridized carbons (Fsp3) is 0.200. The zero-order valence-electron chi connectivity index (χ0n) is 16.1. The van der Waals surface area contributed by atoms with Crippen LogP contribution in [-0.2, 0) is 16.1 Å². The Kier molecular flexibility index (Phi) is 7.72. The number of hydrogen-bond acceptors (Lipinski definition) is 5. The van der Waals surface area contributed by atoms with Crippen LogP contribution in [0.2, 0.25) is 5.02 Å². The van der Waals surface area contributed by atoms with E-state index < -0.39 is 17.6 Å². The highest BCUT2D eigenvalue weighted by Crippen LogP contribution is 2.25. The predicted molar refractivity (Wildman–Crippen MR) is 108 cm³/mol. The Labute approximate surface area is 177 Å². The second-order valence-electron chi connectivity index (χ2n) is 6.08. The molecule has 0 saturated heterocycles. The van der Waals surface area contributed by atoms with Crippen molar-refractivity contribution >= 4 is 35.0 Å². The van der Waals surface area contributed by atoms with E-state index >= 15 is 0 Å². The number of carbonyl (C=O) groups excluding carboxylic acids is 3. The lowest BCUT2D eigenvalue weighted by molar-refractivity contribution is -0.122. The lowest BCUT2D eigenvalue weighted by atomic mass is 10.1. The molecule has 0 radical (unpaired) electrons. The minimum absolute atomic E-state index is 0.00190. The summed E-state index contributed by atoms with van der Waals surface area (Å²) in [4.78, 5) is 35.1. The quantitative estimate of drug-likeness (QED) is 0.620. The number of nitrogens with zero attached hydrogens (tertiary/aromatic N) is 1. The molecule has 0 aliphatic heterocycles. The van der Waals surface area contributed by atoms with Gasteiger partial charge in [-0.2, -0.15) is 5.26 Å². The van der Waals surface area contributed by atoms with Gasteiger partial charge in [0.25, 0.3) is 11.8 Å². The van der Waals surface area contributed by atoms with Gasteiger partial charge < -0.3 is 20.7 Å². The first-order valence-corrected chi connectivity index (χ1v) is 9.04. The Morgan fingerprint density at radius 1 is 1.23 bits per heavy atom. The summed E-state index contributed by atoms with van der Waals surface area (Å²) in [5, 5.41) is 16.0. The highest BCUT2D eigenvalue weighted by atomic mass is 35.5. The van der Waals surface area contributed by atoms with Gasteiger partial charge in [-0.15, -0.1) is 0 Å². The molecule has 0 aliphatic carbocycles. The van der Waals surface area contributed by atoms with E-state index in [1.807, 2.05) is 6.07 Å². The van der Waals surface area contributed by atoms with Crippen LogP contribution < -0.4 is 20.7 Å². The summed E-state index contributed by atoms with van der Waals surface area (Å²) >= 11 is 5.81. The smallest absolute Gasteiger partial charge is 0.257 e. The van der Waals surface area contributed by atoms with Crippen LogP contribution in [0.15, 0.2) is 30.3 Å². The van der Waals surface area contributed by atoms with Crippen LogP contribution in [0, 0.1) is 17.1 Å². The Hall–Kier alpha value is -3.64. The molecule has 0 unspecified atom stereocenters. The maximum absolute atomic E-state index is 14.0. The number of ether oxygens (including phenoxy) is 1. The van der Waals surface area contributed by atoms with Crippen molar-refractivity contribution in [3.8, 4) is 11.8 Å². The number of nitrogens with one attached hydrogen (secondary N) is 3. The van der Waals surface area contributed by atoms with Crippen molar-refractivity contribution in [2.45, 2.75) is 13.5 Å². The van der Waals surface area contributed by atoms with Crippen molar-refractivity contribution in [2.24, 2.45) is 0 Å². The van der Waals surface area contributed by atoms with Crippen molar-refractivity contribution in [3.05, 3.63) is 57.9 Å². The molecule has 0 atom stereocenters. The molecule has 10 heteroatoms. The van der Waals surface area contributed by atoms with Crippen LogP contribution in [0.5, 0.6) is 5.75 Å². The molecular formula is C20H18ClFN4O4. The van der Waals surface area contributed by atoms with Gasteiger partial charge in [0.05, 0.1) is 22.3 Å². The number of amides is 3. The Morgan fingerprint density at radius 3 is 2.60 bits per heavy atom. The van der Waals surface area contributed by atoms with E-state index in [4.69, 9.17) is 21.6 Å². The van der Waals surface area contributed by atoms with Crippen molar-refractivity contribution in [2.75, 3.05) is 19.0 Å². The van der Waals surface area contributed by atoms with Gasteiger partial charge in [0.1, 0.15) is 5.75 Å². The first-order chi connectivity index (χ1) is 14.2. The third-order valence-corrected chi connectivity index (χ3v) is 4.15. The van der Waals surface area contributed by atoms with Gasteiger partial charge in [-0.25, -0.2) is 4.39 Å². The van der Waals surface area contributed by atoms with Crippen molar-refractivity contribution in [1.82, 2.24) is 10.6 Å². The van der Waals surface area contributed by atoms with Gasteiger partial charge in [-0.3, -0.25) is 14.4 Å². The third-order valence-electron chi connectivity index (χ3n) is 3.87. The molecule has 0 bridgehead atoms.